The second kappa shape index (κ2) is 6.51. The number of pyridine rings is 1. The zero-order chi connectivity index (χ0) is 19.2. The Labute approximate surface area is 158 Å². The van der Waals surface area contributed by atoms with Gasteiger partial charge in [0.05, 0.1) is 23.8 Å². The van der Waals surface area contributed by atoms with E-state index in [4.69, 9.17) is 0 Å². The quantitative estimate of drug-likeness (QED) is 0.879. The summed E-state index contributed by atoms with van der Waals surface area (Å²) in [6.45, 7) is 5.05. The van der Waals surface area contributed by atoms with Gasteiger partial charge in [-0.05, 0) is 63.4 Å². The molecule has 5 nitrogen and oxygen atoms in total. The predicted molar refractivity (Wildman–Crippen MR) is 101 cm³/mol. The fourth-order valence-electron chi connectivity index (χ4n) is 4.75. The molecule has 0 aliphatic carbocycles. The Balaban J connectivity index is 1.66. The van der Waals surface area contributed by atoms with Gasteiger partial charge < -0.3 is 14.9 Å². The standard InChI is InChI=1S/C21H24FN3O2/c1-21(2)11-19-18(25(21)16-7-5-15(22)6-8-16)4-3-9-24(19)20(27)14-10-17(26)13-23-12-14/h5-8,10,12-13,18-19,26H,3-4,9,11H2,1-2H3/t18-,19-/m0/s1. The molecule has 0 radical (unpaired) electrons. The van der Waals surface area contributed by atoms with Gasteiger partial charge in [0.1, 0.15) is 11.6 Å². The number of carbonyl (C=O) groups excluding carboxylic acids is 1. The first-order valence-corrected chi connectivity index (χ1v) is 9.37. The van der Waals surface area contributed by atoms with Crippen molar-refractivity contribution < 1.29 is 14.3 Å². The van der Waals surface area contributed by atoms with Crippen molar-refractivity contribution in [1.29, 1.82) is 0 Å². The number of hydrogen-bond acceptors (Lipinski definition) is 4. The Hall–Kier alpha value is -2.63. The van der Waals surface area contributed by atoms with Crippen LogP contribution in [-0.4, -0.2) is 45.1 Å². The largest absolute Gasteiger partial charge is 0.506 e. The first-order chi connectivity index (χ1) is 12.9. The van der Waals surface area contributed by atoms with E-state index in [2.05, 4.69) is 23.7 Å². The minimum Gasteiger partial charge on any atom is -0.506 e. The molecule has 2 saturated heterocycles. The van der Waals surface area contributed by atoms with Crippen LogP contribution in [0.15, 0.2) is 42.7 Å². The number of fused-ring (bicyclic) bond motifs is 1. The Morgan fingerprint density at radius 2 is 1.96 bits per heavy atom. The number of piperidine rings is 1. The Kier molecular flexibility index (Phi) is 4.29. The number of benzene rings is 1. The van der Waals surface area contributed by atoms with Crippen LogP contribution < -0.4 is 4.90 Å². The van der Waals surface area contributed by atoms with Crippen LogP contribution in [0.5, 0.6) is 5.75 Å². The molecule has 2 aliphatic heterocycles. The predicted octanol–water partition coefficient (Wildman–Crippen LogP) is 3.59. The number of aromatic nitrogens is 1. The van der Waals surface area contributed by atoms with Crippen molar-refractivity contribution >= 4 is 11.6 Å². The highest BCUT2D eigenvalue weighted by atomic mass is 19.1. The van der Waals surface area contributed by atoms with Gasteiger partial charge in [0.15, 0.2) is 0 Å². The van der Waals surface area contributed by atoms with E-state index in [1.54, 1.807) is 0 Å². The number of halogens is 1. The first-order valence-electron chi connectivity index (χ1n) is 9.37. The van der Waals surface area contributed by atoms with E-state index in [0.717, 1.165) is 24.9 Å². The van der Waals surface area contributed by atoms with Crippen molar-refractivity contribution in [1.82, 2.24) is 9.88 Å². The molecular formula is C21H24FN3O2. The van der Waals surface area contributed by atoms with Crippen LogP contribution in [0, 0.1) is 5.82 Å². The zero-order valence-corrected chi connectivity index (χ0v) is 15.6. The highest BCUT2D eigenvalue weighted by molar-refractivity contribution is 5.94. The van der Waals surface area contributed by atoms with Gasteiger partial charge >= 0.3 is 0 Å². The van der Waals surface area contributed by atoms with Crippen molar-refractivity contribution in [3.63, 3.8) is 0 Å². The van der Waals surface area contributed by atoms with Gasteiger partial charge in [-0.2, -0.15) is 0 Å². The molecule has 1 aromatic heterocycles. The molecule has 6 heteroatoms. The second-order valence-electron chi connectivity index (χ2n) is 8.07. The molecule has 1 amide bonds. The average Bonchev–Trinajstić information content (AvgIpc) is 2.91. The van der Waals surface area contributed by atoms with Gasteiger partial charge in [0, 0.05) is 24.0 Å². The first kappa shape index (κ1) is 17.8. The zero-order valence-electron chi connectivity index (χ0n) is 15.6. The number of hydrogen-bond donors (Lipinski definition) is 1. The smallest absolute Gasteiger partial charge is 0.255 e. The fourth-order valence-corrected chi connectivity index (χ4v) is 4.75. The number of likely N-dealkylation sites (tertiary alicyclic amines) is 1. The minimum absolute atomic E-state index is 0.00546. The highest BCUT2D eigenvalue weighted by Crippen LogP contribution is 2.44. The molecular weight excluding hydrogens is 345 g/mol. The maximum Gasteiger partial charge on any atom is 0.255 e. The summed E-state index contributed by atoms with van der Waals surface area (Å²) in [7, 11) is 0. The van der Waals surface area contributed by atoms with E-state index in [9.17, 15) is 14.3 Å². The minimum atomic E-state index is -0.246. The molecule has 27 heavy (non-hydrogen) atoms. The summed E-state index contributed by atoms with van der Waals surface area (Å²) >= 11 is 0. The third-order valence-corrected chi connectivity index (χ3v) is 5.77. The summed E-state index contributed by atoms with van der Waals surface area (Å²) in [5, 5.41) is 9.67. The second-order valence-corrected chi connectivity index (χ2v) is 8.07. The van der Waals surface area contributed by atoms with Crippen molar-refractivity contribution in [2.24, 2.45) is 0 Å². The Bertz CT molecular complexity index is 853. The number of amides is 1. The summed E-state index contributed by atoms with van der Waals surface area (Å²) in [6, 6.07) is 8.35. The molecule has 0 unspecified atom stereocenters. The number of anilines is 1. The molecule has 3 heterocycles. The topological polar surface area (TPSA) is 56.7 Å². The Morgan fingerprint density at radius 1 is 1.22 bits per heavy atom. The normalized spacial score (nSPS) is 24.0. The lowest BCUT2D eigenvalue weighted by atomic mass is 9.93. The lowest BCUT2D eigenvalue weighted by Crippen LogP contribution is -2.52. The van der Waals surface area contributed by atoms with Crippen molar-refractivity contribution in [2.75, 3.05) is 11.4 Å². The Morgan fingerprint density at radius 3 is 2.67 bits per heavy atom. The fraction of sp³-hybridized carbons (Fsp3) is 0.429. The van der Waals surface area contributed by atoms with Crippen molar-refractivity contribution in [3.8, 4) is 5.75 Å². The molecule has 1 aromatic carbocycles. The number of carbonyl (C=O) groups is 1. The third-order valence-electron chi connectivity index (χ3n) is 5.77. The van der Waals surface area contributed by atoms with Gasteiger partial charge in [0.25, 0.3) is 5.91 Å². The van der Waals surface area contributed by atoms with Crippen LogP contribution in [0.3, 0.4) is 0 Å². The van der Waals surface area contributed by atoms with Crippen LogP contribution in [0.2, 0.25) is 0 Å². The molecule has 4 rings (SSSR count). The van der Waals surface area contributed by atoms with E-state index < -0.39 is 0 Å². The van der Waals surface area contributed by atoms with E-state index in [1.165, 1.54) is 30.6 Å². The molecule has 2 atom stereocenters. The summed E-state index contributed by atoms with van der Waals surface area (Å²) in [5.41, 5.74) is 1.25. The average molecular weight is 369 g/mol. The summed E-state index contributed by atoms with van der Waals surface area (Å²) in [5.74, 6) is -0.344. The van der Waals surface area contributed by atoms with Gasteiger partial charge in [-0.15, -0.1) is 0 Å². The van der Waals surface area contributed by atoms with Crippen LogP contribution >= 0.6 is 0 Å². The van der Waals surface area contributed by atoms with E-state index in [1.807, 2.05) is 17.0 Å². The van der Waals surface area contributed by atoms with Crippen molar-refractivity contribution in [3.05, 3.63) is 54.1 Å². The summed E-state index contributed by atoms with van der Waals surface area (Å²) < 4.78 is 13.4. The lowest BCUT2D eigenvalue weighted by molar-refractivity contribution is 0.0604. The molecule has 2 aliphatic rings. The van der Waals surface area contributed by atoms with E-state index in [-0.39, 0.29) is 35.1 Å². The lowest BCUT2D eigenvalue weighted by Gasteiger charge is -2.42. The maximum atomic E-state index is 13.4. The number of rotatable bonds is 2. The van der Waals surface area contributed by atoms with Gasteiger partial charge in [0.2, 0.25) is 0 Å². The molecule has 2 fully saturated rings. The molecule has 1 N–H and O–H groups in total. The molecule has 2 aromatic rings. The number of nitrogens with zero attached hydrogens (tertiary/aromatic N) is 3. The maximum absolute atomic E-state index is 13.4. The SMILES string of the molecule is CC1(C)C[C@H]2[C@H](CCCN2C(=O)c2cncc(O)c2)N1c1ccc(F)cc1. The summed E-state index contributed by atoms with van der Waals surface area (Å²) in [4.78, 5) is 21.3. The van der Waals surface area contributed by atoms with Gasteiger partial charge in [-0.25, -0.2) is 4.39 Å². The van der Waals surface area contributed by atoms with Gasteiger partial charge in [-0.1, -0.05) is 0 Å². The van der Waals surface area contributed by atoms with Crippen LogP contribution in [0.4, 0.5) is 10.1 Å². The molecule has 142 valence electrons. The van der Waals surface area contributed by atoms with Gasteiger partial charge in [-0.3, -0.25) is 9.78 Å². The molecule has 0 spiro atoms. The van der Waals surface area contributed by atoms with E-state index in [0.29, 0.717) is 12.1 Å². The molecule has 0 bridgehead atoms. The third kappa shape index (κ3) is 3.13. The highest BCUT2D eigenvalue weighted by Gasteiger charge is 2.50. The van der Waals surface area contributed by atoms with E-state index >= 15 is 0 Å². The number of aromatic hydroxyl groups is 1. The van der Waals surface area contributed by atoms with Crippen LogP contribution in [0.25, 0.3) is 0 Å². The molecule has 0 saturated carbocycles. The monoisotopic (exact) mass is 369 g/mol. The van der Waals surface area contributed by atoms with Crippen LogP contribution in [-0.2, 0) is 0 Å². The van der Waals surface area contributed by atoms with Crippen molar-refractivity contribution in [2.45, 2.75) is 50.7 Å². The van der Waals surface area contributed by atoms with Crippen LogP contribution in [0.1, 0.15) is 43.5 Å². The summed E-state index contributed by atoms with van der Waals surface area (Å²) in [6.07, 6.45) is 5.57.